The number of fused-ring (bicyclic) bond motifs is 1. The fourth-order valence-corrected chi connectivity index (χ4v) is 4.17. The minimum atomic E-state index is -0.0794. The largest absolute Gasteiger partial charge is 0.344 e. The molecule has 2 atom stereocenters. The summed E-state index contributed by atoms with van der Waals surface area (Å²) in [6.45, 7) is 0.488. The van der Waals surface area contributed by atoms with Gasteiger partial charge in [-0.25, -0.2) is 4.98 Å². The maximum atomic E-state index is 12.8. The van der Waals surface area contributed by atoms with Crippen LogP contribution < -0.4 is 0 Å². The summed E-state index contributed by atoms with van der Waals surface area (Å²) in [5, 5.41) is 9.75. The fraction of sp³-hybridized carbons (Fsp3) is 0.389. The second-order valence-electron chi connectivity index (χ2n) is 5.84. The number of rotatable bonds is 4. The van der Waals surface area contributed by atoms with Crippen molar-refractivity contribution in [2.24, 2.45) is 5.92 Å². The summed E-state index contributed by atoms with van der Waals surface area (Å²) < 4.78 is 1.17. The minimum absolute atomic E-state index is 0.0794. The van der Waals surface area contributed by atoms with E-state index in [-0.39, 0.29) is 17.7 Å². The SMILES string of the molecule is CN(CCC#N)C(=O)C1CC=CCC1c1nc2ccccc2s1. The van der Waals surface area contributed by atoms with E-state index in [1.54, 1.807) is 23.3 Å². The molecule has 0 radical (unpaired) electrons. The summed E-state index contributed by atoms with van der Waals surface area (Å²) in [6, 6.07) is 10.2. The molecule has 0 fully saturated rings. The van der Waals surface area contributed by atoms with Crippen LogP contribution in [0.3, 0.4) is 0 Å². The van der Waals surface area contributed by atoms with E-state index < -0.39 is 0 Å². The fourth-order valence-electron chi connectivity index (χ4n) is 3.02. The molecule has 0 saturated carbocycles. The van der Waals surface area contributed by atoms with Gasteiger partial charge in [-0.3, -0.25) is 4.79 Å². The number of hydrogen-bond donors (Lipinski definition) is 0. The third-order valence-corrected chi connectivity index (χ3v) is 5.48. The van der Waals surface area contributed by atoms with Crippen molar-refractivity contribution in [2.75, 3.05) is 13.6 Å². The molecule has 1 aromatic heterocycles. The Morgan fingerprint density at radius 1 is 1.39 bits per heavy atom. The number of hydrogen-bond acceptors (Lipinski definition) is 4. The Morgan fingerprint density at radius 2 is 2.17 bits per heavy atom. The quantitative estimate of drug-likeness (QED) is 0.805. The highest BCUT2D eigenvalue weighted by atomic mass is 32.1. The predicted octanol–water partition coefficient (Wildman–Crippen LogP) is 3.72. The number of nitrogens with zero attached hydrogens (tertiary/aromatic N) is 3. The van der Waals surface area contributed by atoms with E-state index in [9.17, 15) is 4.79 Å². The molecule has 4 nitrogen and oxygen atoms in total. The molecule has 0 aliphatic heterocycles. The van der Waals surface area contributed by atoms with E-state index in [4.69, 9.17) is 10.2 Å². The van der Waals surface area contributed by atoms with Crippen molar-refractivity contribution in [3.05, 3.63) is 41.4 Å². The van der Waals surface area contributed by atoms with Crippen molar-refractivity contribution in [3.63, 3.8) is 0 Å². The molecule has 23 heavy (non-hydrogen) atoms. The molecule has 1 aliphatic carbocycles. The minimum Gasteiger partial charge on any atom is -0.344 e. The molecule has 2 unspecified atom stereocenters. The van der Waals surface area contributed by atoms with Crippen LogP contribution in [0.4, 0.5) is 0 Å². The number of benzene rings is 1. The number of carbonyl (C=O) groups is 1. The summed E-state index contributed by atoms with van der Waals surface area (Å²) in [6.07, 6.45) is 6.20. The lowest BCUT2D eigenvalue weighted by molar-refractivity contribution is -0.135. The lowest BCUT2D eigenvalue weighted by Gasteiger charge is -2.29. The summed E-state index contributed by atoms with van der Waals surface area (Å²) in [4.78, 5) is 19.2. The van der Waals surface area contributed by atoms with Gasteiger partial charge < -0.3 is 4.90 Å². The van der Waals surface area contributed by atoms with Crippen molar-refractivity contribution in [2.45, 2.75) is 25.2 Å². The van der Waals surface area contributed by atoms with E-state index >= 15 is 0 Å². The van der Waals surface area contributed by atoms with Gasteiger partial charge in [-0.15, -0.1) is 11.3 Å². The van der Waals surface area contributed by atoms with Crippen LogP contribution in [0, 0.1) is 17.2 Å². The van der Waals surface area contributed by atoms with Crippen LogP contribution in [0.5, 0.6) is 0 Å². The first kappa shape index (κ1) is 15.7. The lowest BCUT2D eigenvalue weighted by Crippen LogP contribution is -2.37. The molecule has 1 heterocycles. The van der Waals surface area contributed by atoms with Gasteiger partial charge in [0.2, 0.25) is 5.91 Å². The molecule has 0 saturated heterocycles. The smallest absolute Gasteiger partial charge is 0.226 e. The molecule has 0 bridgehead atoms. The Labute approximate surface area is 140 Å². The lowest BCUT2D eigenvalue weighted by atomic mass is 9.82. The summed E-state index contributed by atoms with van der Waals surface area (Å²) in [5.74, 6) is 0.174. The number of amides is 1. The van der Waals surface area contributed by atoms with Crippen molar-refractivity contribution >= 4 is 27.5 Å². The third kappa shape index (κ3) is 3.27. The standard InChI is InChI=1S/C18H19N3OS/c1-21(12-6-11-19)18(22)14-8-3-2-7-13(14)17-20-15-9-4-5-10-16(15)23-17/h2-5,9-10,13-14H,6-8,12H2,1H3. The molecule has 0 spiro atoms. The van der Waals surface area contributed by atoms with Gasteiger partial charge in [0.05, 0.1) is 33.6 Å². The zero-order valence-electron chi connectivity index (χ0n) is 13.1. The molecule has 118 valence electrons. The Morgan fingerprint density at radius 3 is 2.96 bits per heavy atom. The van der Waals surface area contributed by atoms with Gasteiger partial charge in [0.1, 0.15) is 0 Å². The van der Waals surface area contributed by atoms with Crippen molar-refractivity contribution in [1.82, 2.24) is 9.88 Å². The van der Waals surface area contributed by atoms with E-state index in [2.05, 4.69) is 24.3 Å². The summed E-state index contributed by atoms with van der Waals surface area (Å²) in [7, 11) is 1.79. The average Bonchev–Trinajstić information content (AvgIpc) is 3.03. The molecular weight excluding hydrogens is 306 g/mol. The monoisotopic (exact) mass is 325 g/mol. The Hall–Kier alpha value is -2.19. The Balaban J connectivity index is 1.85. The van der Waals surface area contributed by atoms with E-state index in [0.717, 1.165) is 23.4 Å². The molecule has 1 aromatic carbocycles. The number of thiazole rings is 1. The Bertz CT molecular complexity index is 741. The number of para-hydroxylation sites is 1. The normalized spacial score (nSPS) is 20.3. The second-order valence-corrected chi connectivity index (χ2v) is 6.91. The van der Waals surface area contributed by atoms with Gasteiger partial charge in [0.15, 0.2) is 0 Å². The highest BCUT2D eigenvalue weighted by Gasteiger charge is 2.33. The highest BCUT2D eigenvalue weighted by molar-refractivity contribution is 7.18. The molecule has 1 aliphatic rings. The first-order valence-electron chi connectivity index (χ1n) is 7.83. The van der Waals surface area contributed by atoms with Crippen LogP contribution in [0.1, 0.15) is 30.2 Å². The topological polar surface area (TPSA) is 57.0 Å². The molecule has 0 N–H and O–H groups in total. The summed E-state index contributed by atoms with van der Waals surface area (Å²) in [5.41, 5.74) is 1.01. The number of nitriles is 1. The van der Waals surface area contributed by atoms with Crippen LogP contribution in [0.2, 0.25) is 0 Å². The van der Waals surface area contributed by atoms with Crippen LogP contribution in [0.25, 0.3) is 10.2 Å². The zero-order valence-corrected chi connectivity index (χ0v) is 13.9. The van der Waals surface area contributed by atoms with Gasteiger partial charge >= 0.3 is 0 Å². The zero-order chi connectivity index (χ0) is 16.2. The van der Waals surface area contributed by atoms with Crippen molar-refractivity contribution < 1.29 is 4.79 Å². The molecular formula is C18H19N3OS. The van der Waals surface area contributed by atoms with Gasteiger partial charge in [-0.2, -0.15) is 5.26 Å². The van der Waals surface area contributed by atoms with E-state index in [1.807, 2.05) is 18.2 Å². The maximum Gasteiger partial charge on any atom is 0.226 e. The summed E-state index contributed by atoms with van der Waals surface area (Å²) >= 11 is 1.69. The molecule has 5 heteroatoms. The predicted molar refractivity (Wildman–Crippen MR) is 92.1 cm³/mol. The van der Waals surface area contributed by atoms with Crippen molar-refractivity contribution in [3.8, 4) is 6.07 Å². The van der Waals surface area contributed by atoms with Crippen LogP contribution in [-0.4, -0.2) is 29.4 Å². The number of allylic oxidation sites excluding steroid dienone is 2. The van der Waals surface area contributed by atoms with Crippen molar-refractivity contribution in [1.29, 1.82) is 5.26 Å². The molecule has 2 aromatic rings. The molecule has 1 amide bonds. The van der Waals surface area contributed by atoms with Gasteiger partial charge in [-0.1, -0.05) is 24.3 Å². The molecule has 3 rings (SSSR count). The maximum absolute atomic E-state index is 12.8. The Kier molecular flexibility index (Phi) is 4.73. The van der Waals surface area contributed by atoms with Gasteiger partial charge in [0, 0.05) is 19.5 Å². The van der Waals surface area contributed by atoms with Crippen LogP contribution in [0.15, 0.2) is 36.4 Å². The first-order valence-corrected chi connectivity index (χ1v) is 8.64. The highest BCUT2D eigenvalue weighted by Crippen LogP contribution is 2.39. The van der Waals surface area contributed by atoms with Crippen LogP contribution in [-0.2, 0) is 4.79 Å². The second kappa shape index (κ2) is 6.93. The number of aromatic nitrogens is 1. The van der Waals surface area contributed by atoms with Gasteiger partial charge in [-0.05, 0) is 25.0 Å². The van der Waals surface area contributed by atoms with E-state index in [1.165, 1.54) is 4.70 Å². The number of carbonyl (C=O) groups excluding carboxylic acids is 1. The first-order chi connectivity index (χ1) is 11.2. The van der Waals surface area contributed by atoms with Crippen LogP contribution >= 0.6 is 11.3 Å². The third-order valence-electron chi connectivity index (χ3n) is 4.31. The van der Waals surface area contributed by atoms with Gasteiger partial charge in [0.25, 0.3) is 0 Å². The average molecular weight is 325 g/mol. The van der Waals surface area contributed by atoms with E-state index in [0.29, 0.717) is 13.0 Å².